The van der Waals surface area contributed by atoms with Gasteiger partial charge in [0, 0.05) is 0 Å². The molecule has 0 aliphatic carbocycles. The highest BCUT2D eigenvalue weighted by molar-refractivity contribution is 5.88. The number of hydrogen-bond acceptors (Lipinski definition) is 9. The first-order valence-corrected chi connectivity index (χ1v) is 6.06. The van der Waals surface area contributed by atoms with Gasteiger partial charge < -0.3 is 46.0 Å². The zero-order valence-electron chi connectivity index (χ0n) is 11.8. The summed E-state index contributed by atoms with van der Waals surface area (Å²) in [5.41, 5.74) is -2.74. The summed E-state index contributed by atoms with van der Waals surface area (Å²) >= 11 is 0. The van der Waals surface area contributed by atoms with E-state index in [0.717, 1.165) is 0 Å². The van der Waals surface area contributed by atoms with Crippen molar-refractivity contribution in [2.24, 2.45) is 0 Å². The van der Waals surface area contributed by atoms with Crippen molar-refractivity contribution in [3.05, 3.63) is 0 Å². The monoisotopic (exact) mass is 344 g/mol. The Morgan fingerprint density at radius 2 is 1.09 bits per heavy atom. The molecule has 0 amide bonds. The molecule has 136 valence electrons. The molecule has 0 saturated carbocycles. The number of hydrogen-bond donors (Lipinski definition) is 9. The van der Waals surface area contributed by atoms with Crippen LogP contribution in [0.5, 0.6) is 0 Å². The first kappa shape index (κ1) is 23.4. The van der Waals surface area contributed by atoms with Gasteiger partial charge in [0.2, 0.25) is 0 Å². The minimum Gasteiger partial charge on any atom is -0.481 e. The number of carboxylic acid groups (broad SMARTS) is 3. The van der Waals surface area contributed by atoms with Gasteiger partial charge in [0.25, 0.3) is 0 Å². The molecule has 0 aromatic heterocycles. The summed E-state index contributed by atoms with van der Waals surface area (Å²) in [5.74, 6) is -5.02. The van der Waals surface area contributed by atoms with Crippen LogP contribution in [0.2, 0.25) is 0 Å². The topological polar surface area (TPSA) is 233 Å². The maximum atomic E-state index is 10.3. The summed E-state index contributed by atoms with van der Waals surface area (Å²) in [5, 5.41) is 76.4. The zero-order chi connectivity index (χ0) is 18.8. The van der Waals surface area contributed by atoms with E-state index in [0.29, 0.717) is 0 Å². The van der Waals surface area contributed by atoms with Gasteiger partial charge in [-0.3, -0.25) is 9.59 Å². The quantitative estimate of drug-likeness (QED) is 0.194. The highest BCUT2D eigenvalue weighted by Crippen LogP contribution is 2.15. The third-order valence-corrected chi connectivity index (χ3v) is 2.45. The Labute approximate surface area is 129 Å². The molecular formula is C11H20O12. The average Bonchev–Trinajstić information content (AvgIpc) is 2.43. The van der Waals surface area contributed by atoms with Crippen LogP contribution in [0, 0.1) is 0 Å². The molecule has 0 bridgehead atoms. The Hall–Kier alpha value is -1.83. The molecule has 12 nitrogen and oxygen atoms in total. The van der Waals surface area contributed by atoms with Crippen LogP contribution >= 0.6 is 0 Å². The normalized spacial score (nSPS) is 14.9. The SMILES string of the molecule is O=C(O)CC(O)(CC(=O)O)C(=O)O.OC[C@@H](O)C(O)[C@@H](O)CO. The number of aliphatic hydroxyl groups is 6. The van der Waals surface area contributed by atoms with E-state index in [2.05, 4.69) is 0 Å². The molecule has 9 N–H and O–H groups in total. The van der Waals surface area contributed by atoms with Crippen molar-refractivity contribution in [2.45, 2.75) is 36.8 Å². The van der Waals surface area contributed by atoms with Crippen LogP contribution in [0.4, 0.5) is 0 Å². The highest BCUT2D eigenvalue weighted by Gasteiger charge is 2.40. The smallest absolute Gasteiger partial charge is 0.336 e. The summed E-state index contributed by atoms with van der Waals surface area (Å²) in [6, 6.07) is 0. The molecule has 0 aromatic rings. The molecule has 1 unspecified atom stereocenters. The van der Waals surface area contributed by atoms with Crippen LogP contribution < -0.4 is 0 Å². The van der Waals surface area contributed by atoms with Crippen molar-refractivity contribution < 1.29 is 60.3 Å². The van der Waals surface area contributed by atoms with Gasteiger partial charge in [0.15, 0.2) is 5.60 Å². The predicted octanol–water partition coefficient (Wildman–Crippen LogP) is -4.19. The molecule has 0 fully saturated rings. The lowest BCUT2D eigenvalue weighted by Crippen LogP contribution is -2.42. The minimum absolute atomic E-state index is 0.641. The Morgan fingerprint density at radius 3 is 1.26 bits per heavy atom. The third-order valence-electron chi connectivity index (χ3n) is 2.45. The van der Waals surface area contributed by atoms with Crippen molar-refractivity contribution >= 4 is 17.9 Å². The summed E-state index contributed by atoms with van der Waals surface area (Å²) in [6.07, 6.45) is -6.58. The Balaban J connectivity index is 0. The van der Waals surface area contributed by atoms with Gasteiger partial charge in [-0.25, -0.2) is 4.79 Å². The van der Waals surface area contributed by atoms with Crippen LogP contribution in [0.25, 0.3) is 0 Å². The number of carboxylic acids is 3. The fraction of sp³-hybridized carbons (Fsp3) is 0.727. The van der Waals surface area contributed by atoms with Crippen molar-refractivity contribution in [1.29, 1.82) is 0 Å². The van der Waals surface area contributed by atoms with Gasteiger partial charge in [0.05, 0.1) is 26.1 Å². The lowest BCUT2D eigenvalue weighted by molar-refractivity contribution is -0.170. The lowest BCUT2D eigenvalue weighted by Gasteiger charge is -2.19. The van der Waals surface area contributed by atoms with Crippen molar-refractivity contribution in [1.82, 2.24) is 0 Å². The van der Waals surface area contributed by atoms with E-state index in [4.69, 9.17) is 46.0 Å². The average molecular weight is 344 g/mol. The van der Waals surface area contributed by atoms with Gasteiger partial charge in [-0.1, -0.05) is 0 Å². The second-order valence-electron chi connectivity index (χ2n) is 4.47. The molecule has 0 radical (unpaired) electrons. The first-order chi connectivity index (χ1) is 10.4. The molecule has 0 rings (SSSR count). The van der Waals surface area contributed by atoms with E-state index < -0.39 is 67.9 Å². The number of rotatable bonds is 9. The van der Waals surface area contributed by atoms with Crippen LogP contribution in [0.15, 0.2) is 0 Å². The number of carbonyl (C=O) groups is 3. The second kappa shape index (κ2) is 10.8. The Morgan fingerprint density at radius 1 is 0.783 bits per heavy atom. The van der Waals surface area contributed by atoms with Crippen LogP contribution in [0.1, 0.15) is 12.8 Å². The molecule has 3 atom stereocenters. The molecule has 0 heterocycles. The largest absolute Gasteiger partial charge is 0.481 e. The number of aliphatic hydroxyl groups excluding tert-OH is 5. The predicted molar refractivity (Wildman–Crippen MR) is 69.3 cm³/mol. The van der Waals surface area contributed by atoms with E-state index in [9.17, 15) is 14.4 Å². The van der Waals surface area contributed by atoms with E-state index in [-0.39, 0.29) is 0 Å². The fourth-order valence-corrected chi connectivity index (χ4v) is 1.19. The molecule has 0 aliphatic rings. The first-order valence-electron chi connectivity index (χ1n) is 6.06. The van der Waals surface area contributed by atoms with Gasteiger partial charge in [-0.2, -0.15) is 0 Å². The molecule has 12 heteroatoms. The van der Waals surface area contributed by atoms with Gasteiger partial charge in [0.1, 0.15) is 18.3 Å². The third kappa shape index (κ3) is 9.72. The fourth-order valence-electron chi connectivity index (χ4n) is 1.19. The molecule has 0 spiro atoms. The van der Waals surface area contributed by atoms with Crippen LogP contribution in [-0.4, -0.2) is 101 Å². The van der Waals surface area contributed by atoms with E-state index in [1.54, 1.807) is 0 Å². The molecule has 23 heavy (non-hydrogen) atoms. The van der Waals surface area contributed by atoms with Crippen LogP contribution in [0.3, 0.4) is 0 Å². The van der Waals surface area contributed by atoms with Crippen molar-refractivity contribution in [2.75, 3.05) is 13.2 Å². The summed E-state index contributed by atoms with van der Waals surface area (Å²) in [6.45, 7) is -1.28. The van der Waals surface area contributed by atoms with E-state index in [1.807, 2.05) is 0 Å². The van der Waals surface area contributed by atoms with E-state index >= 15 is 0 Å². The minimum atomic E-state index is -2.74. The van der Waals surface area contributed by atoms with E-state index in [1.165, 1.54) is 0 Å². The number of aliphatic carboxylic acids is 3. The van der Waals surface area contributed by atoms with Crippen molar-refractivity contribution in [3.8, 4) is 0 Å². The molecular weight excluding hydrogens is 324 g/mol. The summed E-state index contributed by atoms with van der Waals surface area (Å²) < 4.78 is 0. The summed E-state index contributed by atoms with van der Waals surface area (Å²) in [4.78, 5) is 30.5. The molecule has 0 saturated heterocycles. The maximum absolute atomic E-state index is 10.3. The van der Waals surface area contributed by atoms with Crippen LogP contribution in [-0.2, 0) is 14.4 Å². The van der Waals surface area contributed by atoms with Crippen molar-refractivity contribution in [3.63, 3.8) is 0 Å². The highest BCUT2D eigenvalue weighted by atomic mass is 16.4. The molecule has 0 aliphatic heterocycles. The van der Waals surface area contributed by atoms with Gasteiger partial charge in [-0.05, 0) is 0 Å². The Bertz CT molecular complexity index is 368. The zero-order valence-corrected chi connectivity index (χ0v) is 11.8. The maximum Gasteiger partial charge on any atom is 0.336 e. The standard InChI is InChI=1S/C6H8O7.C5H12O5/c7-3(8)1-6(13,5(11)12)2-4(9)10;6-1-3(8)5(10)4(9)2-7/h13H,1-2H2,(H,7,8)(H,9,10)(H,11,12);3-10H,1-2H2/t;3-,4+,5?. The second-order valence-corrected chi connectivity index (χ2v) is 4.47. The molecule has 0 aromatic carbocycles. The lowest BCUT2D eigenvalue weighted by atomic mass is 9.96. The van der Waals surface area contributed by atoms with Gasteiger partial charge in [-0.15, -0.1) is 0 Å². The van der Waals surface area contributed by atoms with Gasteiger partial charge >= 0.3 is 17.9 Å². The Kier molecular flexibility index (Phi) is 11.0. The summed E-state index contributed by atoms with van der Waals surface area (Å²) in [7, 11) is 0.